The highest BCUT2D eigenvalue weighted by Crippen LogP contribution is 2.44. The van der Waals surface area contributed by atoms with Gasteiger partial charge in [-0.2, -0.15) is 0 Å². The predicted molar refractivity (Wildman–Crippen MR) is 259 cm³/mol. The first-order valence-electron chi connectivity index (χ1n) is 20.9. The third-order valence-electron chi connectivity index (χ3n) is 11.4. The van der Waals surface area contributed by atoms with Crippen LogP contribution in [0.25, 0.3) is 44.1 Å². The Morgan fingerprint density at radius 1 is 0.306 bits per heavy atom. The van der Waals surface area contributed by atoms with Gasteiger partial charge < -0.3 is 19.1 Å². The molecule has 5 heteroatoms. The zero-order chi connectivity index (χ0) is 41.2. The highest BCUT2D eigenvalue weighted by atomic mass is 16.3. The van der Waals surface area contributed by atoms with E-state index in [1.165, 1.54) is 0 Å². The number of aromatic nitrogens is 1. The van der Waals surface area contributed by atoms with Gasteiger partial charge in [0.15, 0.2) is 5.58 Å². The fraction of sp³-hybridized carbons (Fsp3) is 0. The SMILES string of the molecule is c1ccc(-c2nc3c(ccc4ccc5ccc(N(c6cccc(N(c7ccccc7)c7ccccc7)c6)c6cccc(N(c7ccccc7)c7ccccc7)c6)cc5c43)o2)cc1. The summed E-state index contributed by atoms with van der Waals surface area (Å²) < 4.78 is 6.41. The van der Waals surface area contributed by atoms with Gasteiger partial charge in [-0.25, -0.2) is 4.98 Å². The number of fused-ring (bicyclic) bond motifs is 5. The molecule has 11 rings (SSSR count). The number of benzene rings is 10. The summed E-state index contributed by atoms with van der Waals surface area (Å²) in [5.74, 6) is 0.610. The van der Waals surface area contributed by atoms with Crippen molar-refractivity contribution >= 4 is 83.8 Å². The molecule has 0 aliphatic rings. The average molecular weight is 797 g/mol. The number of hydrogen-bond donors (Lipinski definition) is 0. The highest BCUT2D eigenvalue weighted by molar-refractivity contribution is 6.19. The minimum atomic E-state index is 0.610. The van der Waals surface area contributed by atoms with E-state index in [2.05, 4.69) is 221 Å². The Kier molecular flexibility index (Phi) is 9.45. The Morgan fingerprint density at radius 2 is 0.677 bits per heavy atom. The molecule has 0 saturated carbocycles. The van der Waals surface area contributed by atoms with Crippen molar-refractivity contribution in [3.8, 4) is 11.5 Å². The van der Waals surface area contributed by atoms with Crippen LogP contribution in [0.2, 0.25) is 0 Å². The molecule has 0 aliphatic heterocycles. The summed E-state index contributed by atoms with van der Waals surface area (Å²) in [6, 6.07) is 85.3. The Balaban J connectivity index is 1.13. The van der Waals surface area contributed by atoms with Crippen molar-refractivity contribution < 1.29 is 4.42 Å². The molecule has 0 atom stereocenters. The number of nitrogens with zero attached hydrogens (tertiary/aromatic N) is 4. The molecular formula is C57H40N4O. The quantitative estimate of drug-likeness (QED) is 0.129. The van der Waals surface area contributed by atoms with E-state index in [1.807, 2.05) is 36.4 Å². The molecular weight excluding hydrogens is 757 g/mol. The predicted octanol–water partition coefficient (Wildman–Crippen LogP) is 16.2. The van der Waals surface area contributed by atoms with E-state index in [1.54, 1.807) is 0 Å². The van der Waals surface area contributed by atoms with Crippen LogP contribution < -0.4 is 14.7 Å². The van der Waals surface area contributed by atoms with Crippen LogP contribution in [0.5, 0.6) is 0 Å². The molecule has 11 aromatic rings. The van der Waals surface area contributed by atoms with Gasteiger partial charge in [0, 0.05) is 62.1 Å². The summed E-state index contributed by atoms with van der Waals surface area (Å²) in [4.78, 5) is 12.1. The van der Waals surface area contributed by atoms with Gasteiger partial charge in [0.25, 0.3) is 0 Å². The van der Waals surface area contributed by atoms with Crippen molar-refractivity contribution in [3.05, 3.63) is 243 Å². The molecule has 5 nitrogen and oxygen atoms in total. The molecule has 294 valence electrons. The number of oxazole rings is 1. The summed E-state index contributed by atoms with van der Waals surface area (Å²) in [6.45, 7) is 0. The normalized spacial score (nSPS) is 11.2. The van der Waals surface area contributed by atoms with Gasteiger partial charge in [-0.1, -0.05) is 127 Å². The average Bonchev–Trinajstić information content (AvgIpc) is 3.79. The lowest BCUT2D eigenvalue weighted by molar-refractivity contribution is 0.620. The molecule has 10 aromatic carbocycles. The van der Waals surface area contributed by atoms with Crippen LogP contribution in [0, 0.1) is 0 Å². The number of rotatable bonds is 10. The lowest BCUT2D eigenvalue weighted by Crippen LogP contribution is -2.14. The van der Waals surface area contributed by atoms with E-state index in [4.69, 9.17) is 9.40 Å². The summed E-state index contributed by atoms with van der Waals surface area (Å²) in [7, 11) is 0. The first-order valence-corrected chi connectivity index (χ1v) is 20.9. The minimum Gasteiger partial charge on any atom is -0.436 e. The van der Waals surface area contributed by atoms with Crippen LogP contribution in [0.3, 0.4) is 0 Å². The van der Waals surface area contributed by atoms with E-state index in [0.29, 0.717) is 5.89 Å². The van der Waals surface area contributed by atoms with Crippen molar-refractivity contribution in [2.45, 2.75) is 0 Å². The van der Waals surface area contributed by atoms with Crippen LogP contribution in [-0.2, 0) is 0 Å². The first kappa shape index (κ1) is 36.7. The van der Waals surface area contributed by atoms with Gasteiger partial charge in [0.2, 0.25) is 5.89 Å². The number of hydrogen-bond acceptors (Lipinski definition) is 5. The lowest BCUT2D eigenvalue weighted by atomic mass is 9.99. The maximum Gasteiger partial charge on any atom is 0.227 e. The van der Waals surface area contributed by atoms with E-state index >= 15 is 0 Å². The van der Waals surface area contributed by atoms with Crippen LogP contribution in [0.1, 0.15) is 0 Å². The van der Waals surface area contributed by atoms with Gasteiger partial charge >= 0.3 is 0 Å². The van der Waals surface area contributed by atoms with E-state index < -0.39 is 0 Å². The number of anilines is 9. The first-order chi connectivity index (χ1) is 30.7. The molecule has 62 heavy (non-hydrogen) atoms. The standard InChI is InChI=1S/C57H40N4O/c1-6-18-43(19-7-1)57-58-56-54(62-57)37-35-42-33-32-41-34-36-52(40-53(41)55(42)56)61(50-30-16-28-48(38-50)59(44-20-8-2-9-21-44)45-22-10-3-11-23-45)51-31-17-29-49(39-51)60(46-24-12-4-13-25-46)47-26-14-5-15-27-47/h1-40H. The van der Waals surface area contributed by atoms with E-state index in [-0.39, 0.29) is 0 Å². The Morgan fingerprint density at radius 3 is 1.16 bits per heavy atom. The van der Waals surface area contributed by atoms with Crippen molar-refractivity contribution in [3.63, 3.8) is 0 Å². The zero-order valence-electron chi connectivity index (χ0n) is 33.8. The second-order valence-corrected chi connectivity index (χ2v) is 15.3. The molecule has 0 bridgehead atoms. The maximum absolute atomic E-state index is 6.41. The van der Waals surface area contributed by atoms with E-state index in [0.717, 1.165) is 89.4 Å². The molecule has 0 fully saturated rings. The Hall–Kier alpha value is -8.41. The monoisotopic (exact) mass is 796 g/mol. The van der Waals surface area contributed by atoms with Gasteiger partial charge in [-0.3, -0.25) is 0 Å². The fourth-order valence-corrected chi connectivity index (χ4v) is 8.55. The molecule has 1 heterocycles. The zero-order valence-corrected chi connectivity index (χ0v) is 33.8. The Bertz CT molecular complexity index is 3090. The topological polar surface area (TPSA) is 35.8 Å². The molecule has 0 amide bonds. The molecule has 1 aromatic heterocycles. The van der Waals surface area contributed by atoms with Crippen LogP contribution in [0.15, 0.2) is 247 Å². The Labute approximate surface area is 360 Å². The van der Waals surface area contributed by atoms with Crippen LogP contribution in [0.4, 0.5) is 51.2 Å². The largest absolute Gasteiger partial charge is 0.436 e. The fourth-order valence-electron chi connectivity index (χ4n) is 8.55. The third kappa shape index (κ3) is 6.87. The smallest absolute Gasteiger partial charge is 0.227 e. The summed E-state index contributed by atoms with van der Waals surface area (Å²) in [5, 5.41) is 4.39. The van der Waals surface area contributed by atoms with Crippen LogP contribution >= 0.6 is 0 Å². The summed E-state index contributed by atoms with van der Waals surface area (Å²) >= 11 is 0. The molecule has 0 saturated heterocycles. The second kappa shape index (κ2) is 16.0. The second-order valence-electron chi connectivity index (χ2n) is 15.3. The molecule has 0 radical (unpaired) electrons. The van der Waals surface area contributed by atoms with Crippen molar-refractivity contribution in [1.82, 2.24) is 4.98 Å². The maximum atomic E-state index is 6.41. The van der Waals surface area contributed by atoms with Crippen molar-refractivity contribution in [1.29, 1.82) is 0 Å². The lowest BCUT2D eigenvalue weighted by Gasteiger charge is -2.31. The van der Waals surface area contributed by atoms with Gasteiger partial charge in [0.05, 0.1) is 0 Å². The molecule has 0 unspecified atom stereocenters. The van der Waals surface area contributed by atoms with Crippen molar-refractivity contribution in [2.24, 2.45) is 0 Å². The van der Waals surface area contributed by atoms with Gasteiger partial charge in [-0.15, -0.1) is 0 Å². The molecule has 0 aliphatic carbocycles. The van der Waals surface area contributed by atoms with Crippen LogP contribution in [-0.4, -0.2) is 4.98 Å². The van der Waals surface area contributed by atoms with Crippen molar-refractivity contribution in [2.75, 3.05) is 14.7 Å². The summed E-state index contributed by atoms with van der Waals surface area (Å²) in [5.41, 5.74) is 12.0. The molecule has 0 N–H and O–H groups in total. The van der Waals surface area contributed by atoms with E-state index in [9.17, 15) is 0 Å². The highest BCUT2D eigenvalue weighted by Gasteiger charge is 2.21. The van der Waals surface area contributed by atoms with Gasteiger partial charge in [-0.05, 0) is 131 Å². The third-order valence-corrected chi connectivity index (χ3v) is 11.4. The van der Waals surface area contributed by atoms with Gasteiger partial charge in [0.1, 0.15) is 5.52 Å². The molecule has 0 spiro atoms. The summed E-state index contributed by atoms with van der Waals surface area (Å²) in [6.07, 6.45) is 0. The minimum absolute atomic E-state index is 0.610. The number of para-hydroxylation sites is 4.